The van der Waals surface area contributed by atoms with Crippen LogP contribution in [0.5, 0.6) is 28.7 Å². The molecule has 0 saturated carbocycles. The Kier molecular flexibility index (Phi) is 8.27. The Bertz CT molecular complexity index is 1970. The lowest BCUT2D eigenvalue weighted by atomic mass is 9.69. The summed E-state index contributed by atoms with van der Waals surface area (Å²) in [5.41, 5.74) is 0.000534. The first-order valence-corrected chi connectivity index (χ1v) is 15.3. The molecule has 0 bridgehead atoms. The summed E-state index contributed by atoms with van der Waals surface area (Å²) in [6, 6.07) is 13.5. The Morgan fingerprint density at radius 1 is 1.06 bits per heavy atom. The third-order valence-electron chi connectivity index (χ3n) is 9.02. The molecule has 3 atom stereocenters. The van der Waals surface area contributed by atoms with Gasteiger partial charge in [-0.1, -0.05) is 36.7 Å². The number of ether oxygens (including phenoxy) is 4. The number of aliphatic hydroxyl groups is 1. The maximum absolute atomic E-state index is 14.3. The van der Waals surface area contributed by atoms with Crippen molar-refractivity contribution in [2.24, 2.45) is 5.92 Å². The molecule has 0 fully saturated rings. The number of allylic oxidation sites excluding steroid dienone is 1. The molecule has 0 radical (unpaired) electrons. The number of ketones is 2. The predicted octanol–water partition coefficient (Wildman–Crippen LogP) is 5.78. The van der Waals surface area contributed by atoms with E-state index in [0.717, 1.165) is 16.5 Å². The van der Waals surface area contributed by atoms with Gasteiger partial charge in [0.05, 0.1) is 21.3 Å². The van der Waals surface area contributed by atoms with Crippen molar-refractivity contribution < 1.29 is 43.5 Å². The van der Waals surface area contributed by atoms with E-state index in [1.165, 1.54) is 45.6 Å². The molecule has 0 saturated heterocycles. The van der Waals surface area contributed by atoms with Crippen molar-refractivity contribution >= 4 is 40.0 Å². The van der Waals surface area contributed by atoms with Crippen LogP contribution >= 0.6 is 11.6 Å². The van der Waals surface area contributed by atoms with Crippen LogP contribution in [-0.2, 0) is 16.1 Å². The number of hydrogen-bond acceptors (Lipinski definition) is 9. The smallest absolute Gasteiger partial charge is 0.231 e. The number of rotatable bonds is 9. The average molecular weight is 661 g/mol. The molecule has 1 aliphatic carbocycles. The highest BCUT2D eigenvalue weighted by Crippen LogP contribution is 2.56. The van der Waals surface area contributed by atoms with Crippen LogP contribution in [0.1, 0.15) is 47.2 Å². The number of halogens is 1. The number of fused-ring (bicyclic) bond motifs is 2. The fourth-order valence-corrected chi connectivity index (χ4v) is 6.86. The van der Waals surface area contributed by atoms with Crippen LogP contribution in [-0.4, -0.2) is 59.6 Å². The first-order valence-electron chi connectivity index (χ1n) is 14.9. The number of aliphatic hydroxyl groups excluding tert-OH is 1. The molecule has 1 aromatic heterocycles. The van der Waals surface area contributed by atoms with Gasteiger partial charge in [0.25, 0.3) is 0 Å². The van der Waals surface area contributed by atoms with Crippen LogP contribution in [0.2, 0.25) is 5.02 Å². The fourth-order valence-electron chi connectivity index (χ4n) is 6.59. The highest BCUT2D eigenvalue weighted by Gasteiger charge is 2.61. The number of hydrogen-bond donors (Lipinski definition) is 4. The number of phenols is 1. The molecule has 12 heteroatoms. The van der Waals surface area contributed by atoms with Crippen molar-refractivity contribution in [3.05, 3.63) is 87.8 Å². The minimum absolute atomic E-state index is 0.00335. The number of carbonyl (C=O) groups is 3. The summed E-state index contributed by atoms with van der Waals surface area (Å²) in [5.74, 6) is -3.82. The van der Waals surface area contributed by atoms with E-state index in [9.17, 15) is 24.6 Å². The van der Waals surface area contributed by atoms with Gasteiger partial charge in [0, 0.05) is 60.0 Å². The van der Waals surface area contributed by atoms with Crippen LogP contribution in [0.4, 0.5) is 0 Å². The van der Waals surface area contributed by atoms with Gasteiger partial charge in [0.15, 0.2) is 28.8 Å². The summed E-state index contributed by atoms with van der Waals surface area (Å²) in [7, 11) is 4.14. The lowest BCUT2D eigenvalue weighted by molar-refractivity contribution is -0.122. The first-order chi connectivity index (χ1) is 22.5. The Balaban J connectivity index is 1.44. The zero-order valence-electron chi connectivity index (χ0n) is 26.1. The summed E-state index contributed by atoms with van der Waals surface area (Å²) < 4.78 is 22.4. The number of aromatic amines is 1. The van der Waals surface area contributed by atoms with Gasteiger partial charge in [-0.3, -0.25) is 14.4 Å². The zero-order chi connectivity index (χ0) is 33.6. The minimum Gasteiger partial charge on any atom is -0.507 e. The molecule has 1 spiro atoms. The van der Waals surface area contributed by atoms with Crippen LogP contribution in [0.3, 0.4) is 0 Å². The van der Waals surface area contributed by atoms with Crippen LogP contribution in [0.15, 0.2) is 66.1 Å². The number of methoxy groups -OCH3 is 3. The zero-order valence-corrected chi connectivity index (χ0v) is 26.9. The highest BCUT2D eigenvalue weighted by molar-refractivity contribution is 6.35. The number of aromatic nitrogens is 1. The molecule has 244 valence electrons. The molecular formula is C35H33ClN2O9. The number of Topliss-reactive ketones (excluding diaryl/α,β-unsaturated/α-hetero) is 2. The number of aromatic hydroxyl groups is 1. The normalized spacial score (nSPS) is 19.5. The molecule has 6 rings (SSSR count). The maximum Gasteiger partial charge on any atom is 0.231 e. The molecule has 3 unspecified atom stereocenters. The summed E-state index contributed by atoms with van der Waals surface area (Å²) in [6.45, 7) is 1.83. The van der Waals surface area contributed by atoms with Crippen molar-refractivity contribution in [3.63, 3.8) is 0 Å². The fraction of sp³-hybridized carbons (Fsp3) is 0.286. The molecular weight excluding hydrogens is 628 g/mol. The van der Waals surface area contributed by atoms with E-state index in [1.54, 1.807) is 6.92 Å². The number of nitrogens with one attached hydrogen (secondary N) is 2. The second-order valence-electron chi connectivity index (χ2n) is 11.6. The summed E-state index contributed by atoms with van der Waals surface area (Å²) >= 11 is 6.59. The maximum atomic E-state index is 14.3. The van der Waals surface area contributed by atoms with Crippen LogP contribution < -0.4 is 24.3 Å². The SMILES string of the molecule is COc1cc(C(CC(=O)NCc2cccc3[nH]ccc23)C2=C(O)C3(Oc4c(Cl)c(OC)cc(OC)c4C3=O)C(C)CC2=O)ccc1O. The van der Waals surface area contributed by atoms with E-state index in [1.807, 2.05) is 30.5 Å². The van der Waals surface area contributed by atoms with Gasteiger partial charge in [-0.25, -0.2) is 0 Å². The first kappa shape index (κ1) is 31.8. The number of amides is 1. The van der Waals surface area contributed by atoms with E-state index in [0.29, 0.717) is 5.56 Å². The molecule has 4 N–H and O–H groups in total. The van der Waals surface area contributed by atoms with Gasteiger partial charge in [0.1, 0.15) is 22.1 Å². The summed E-state index contributed by atoms with van der Waals surface area (Å²) in [6.07, 6.45) is 1.35. The van der Waals surface area contributed by atoms with Gasteiger partial charge in [-0.2, -0.15) is 0 Å². The van der Waals surface area contributed by atoms with Gasteiger partial charge in [-0.15, -0.1) is 0 Å². The lowest BCUT2D eigenvalue weighted by Gasteiger charge is -2.38. The van der Waals surface area contributed by atoms with Gasteiger partial charge in [0.2, 0.25) is 17.3 Å². The van der Waals surface area contributed by atoms with E-state index < -0.39 is 40.7 Å². The number of H-pyrrole nitrogens is 1. The second kappa shape index (κ2) is 12.2. The van der Waals surface area contributed by atoms with Crippen molar-refractivity contribution in [3.8, 4) is 28.7 Å². The third-order valence-corrected chi connectivity index (χ3v) is 9.37. The highest BCUT2D eigenvalue weighted by atomic mass is 35.5. The number of phenolic OH excluding ortho intramolecular Hbond substituents is 1. The van der Waals surface area contributed by atoms with Crippen molar-refractivity contribution in [2.75, 3.05) is 21.3 Å². The monoisotopic (exact) mass is 660 g/mol. The largest absolute Gasteiger partial charge is 0.507 e. The summed E-state index contributed by atoms with van der Waals surface area (Å²) in [5, 5.41) is 26.3. The quantitative estimate of drug-likeness (QED) is 0.175. The van der Waals surface area contributed by atoms with Gasteiger partial charge in [-0.05, 0) is 35.4 Å². The average Bonchev–Trinajstić information content (AvgIpc) is 3.67. The second-order valence-corrected chi connectivity index (χ2v) is 12.0. The Morgan fingerprint density at radius 3 is 2.53 bits per heavy atom. The standard InChI is InChI=1S/C35H33ClN2O9/c1-17-12-24(40)29(33(42)35(17)34(43)30-26(45-3)15-27(46-4)31(36)32(30)47-35)21(18-8-9-23(39)25(13-18)44-2)14-28(41)38-16-19-6-5-7-22-20(19)10-11-37-22/h5-11,13,15,17,21,37,39,42H,12,14,16H2,1-4H3,(H,38,41). The predicted molar refractivity (Wildman–Crippen MR) is 173 cm³/mol. The number of benzene rings is 3. The molecule has 1 aliphatic heterocycles. The lowest BCUT2D eigenvalue weighted by Crippen LogP contribution is -2.53. The minimum atomic E-state index is -2.03. The van der Waals surface area contributed by atoms with Crippen molar-refractivity contribution in [1.82, 2.24) is 10.3 Å². The van der Waals surface area contributed by atoms with Crippen molar-refractivity contribution in [2.45, 2.75) is 37.8 Å². The van der Waals surface area contributed by atoms with Gasteiger partial charge >= 0.3 is 0 Å². The van der Waals surface area contributed by atoms with E-state index in [-0.39, 0.29) is 64.3 Å². The van der Waals surface area contributed by atoms with E-state index in [4.69, 9.17) is 30.5 Å². The van der Waals surface area contributed by atoms with Crippen LogP contribution in [0, 0.1) is 5.92 Å². The molecule has 3 aromatic carbocycles. The van der Waals surface area contributed by atoms with Gasteiger partial charge < -0.3 is 39.5 Å². The third kappa shape index (κ3) is 5.11. The van der Waals surface area contributed by atoms with Crippen LogP contribution in [0.25, 0.3) is 10.9 Å². The molecule has 4 aromatic rings. The molecule has 2 aliphatic rings. The molecule has 1 amide bonds. The Morgan fingerprint density at radius 2 is 1.81 bits per heavy atom. The Hall–Kier alpha value is -5.16. The summed E-state index contributed by atoms with van der Waals surface area (Å²) in [4.78, 5) is 44.9. The molecule has 47 heavy (non-hydrogen) atoms. The topological polar surface area (TPSA) is 156 Å². The number of carbonyl (C=O) groups excluding carboxylic acids is 3. The molecule has 2 heterocycles. The van der Waals surface area contributed by atoms with Crippen molar-refractivity contribution in [1.29, 1.82) is 0 Å². The Labute approximate surface area is 275 Å². The van der Waals surface area contributed by atoms with E-state index in [2.05, 4.69) is 10.3 Å². The van der Waals surface area contributed by atoms with E-state index >= 15 is 0 Å². The molecule has 11 nitrogen and oxygen atoms in total.